The van der Waals surface area contributed by atoms with Crippen molar-refractivity contribution in [1.29, 1.82) is 0 Å². The number of nitrogens with zero attached hydrogens (tertiary/aromatic N) is 4. The number of aryl methyl sites for hydroxylation is 1. The number of halogens is 6. The van der Waals surface area contributed by atoms with Crippen LogP contribution in [0.4, 0.5) is 26.3 Å². The molecule has 0 saturated carbocycles. The molecule has 6 nitrogen and oxygen atoms in total. The van der Waals surface area contributed by atoms with E-state index in [0.717, 1.165) is 29.6 Å². The second-order valence-electron chi connectivity index (χ2n) is 11.7. The Labute approximate surface area is 261 Å². The number of fused-ring (bicyclic) bond motifs is 1. The Kier molecular flexibility index (Phi) is 8.61. The van der Waals surface area contributed by atoms with Gasteiger partial charge >= 0.3 is 12.4 Å². The summed E-state index contributed by atoms with van der Waals surface area (Å²) in [5.41, 5.74) is -4.20. The number of hydrogen-bond acceptors (Lipinski definition) is 4. The molecule has 3 aromatic rings. The molecule has 2 aliphatic rings. The molecule has 5 rings (SSSR count). The van der Waals surface area contributed by atoms with Crippen LogP contribution >= 0.6 is 0 Å². The lowest BCUT2D eigenvalue weighted by atomic mass is 9.73. The van der Waals surface area contributed by atoms with Crippen LogP contribution in [-0.4, -0.2) is 57.2 Å². The van der Waals surface area contributed by atoms with Gasteiger partial charge in [0.05, 0.1) is 22.7 Å². The molecule has 1 fully saturated rings. The Morgan fingerprint density at radius 2 is 1.85 bits per heavy atom. The minimum absolute atomic E-state index is 0.132. The molecule has 0 radical (unpaired) electrons. The molecule has 46 heavy (non-hydrogen) atoms. The monoisotopic (exact) mass is 642 g/mol. The van der Waals surface area contributed by atoms with Crippen LogP contribution in [0.1, 0.15) is 63.9 Å². The highest BCUT2D eigenvalue weighted by Crippen LogP contribution is 2.44. The Balaban J connectivity index is 1.58. The highest BCUT2D eigenvalue weighted by atomic mass is 19.4. The van der Waals surface area contributed by atoms with Crippen molar-refractivity contribution in [3.63, 3.8) is 0 Å². The second-order valence-corrected chi connectivity index (χ2v) is 11.7. The molecule has 2 aromatic heterocycles. The van der Waals surface area contributed by atoms with E-state index in [1.54, 1.807) is 6.08 Å². The van der Waals surface area contributed by atoms with Gasteiger partial charge in [-0.25, -0.2) is 4.98 Å². The number of Topliss-reactive ketones (excluding diaryl/α,β-unsaturated/α-hetero) is 1. The molecule has 1 saturated heterocycles. The molecule has 0 spiro atoms. The zero-order valence-corrected chi connectivity index (χ0v) is 25.4. The van der Waals surface area contributed by atoms with Gasteiger partial charge in [-0.3, -0.25) is 14.6 Å². The summed E-state index contributed by atoms with van der Waals surface area (Å²) in [6.07, 6.45) is -1.48. The van der Waals surface area contributed by atoms with E-state index in [1.165, 1.54) is 30.9 Å². The summed E-state index contributed by atoms with van der Waals surface area (Å²) in [5.74, 6) is -4.26. The molecule has 3 atom stereocenters. The SMILES string of the molecule is C=CCn1cc(C2CCN(C(=O)c3c(C(=O)C4C(C(F)(F)F)=CC=NC4(C)C=CC)cc(C(F)(F)F)nc3C)C2)c2ccccc21. The third-order valence-electron chi connectivity index (χ3n) is 8.63. The van der Waals surface area contributed by atoms with Gasteiger partial charge in [0.1, 0.15) is 5.69 Å². The van der Waals surface area contributed by atoms with Crippen molar-refractivity contribution in [3.8, 4) is 0 Å². The third kappa shape index (κ3) is 5.92. The predicted molar refractivity (Wildman–Crippen MR) is 163 cm³/mol. The molecular weight excluding hydrogens is 610 g/mol. The Hall–Kier alpha value is -4.48. The number of rotatable bonds is 7. The van der Waals surface area contributed by atoms with E-state index in [0.29, 0.717) is 25.1 Å². The van der Waals surface area contributed by atoms with Crippen LogP contribution in [0.25, 0.3) is 10.9 Å². The normalized spacial score (nSPS) is 22.1. The molecular formula is C34H32F6N4O2. The zero-order chi connectivity index (χ0) is 33.6. The topological polar surface area (TPSA) is 67.6 Å². The Bertz CT molecular complexity index is 1800. The number of dihydropyridines is 1. The number of carbonyl (C=O) groups excluding carboxylic acids is 2. The Morgan fingerprint density at radius 1 is 1.13 bits per heavy atom. The summed E-state index contributed by atoms with van der Waals surface area (Å²) in [5, 5.41) is 0.986. The second kappa shape index (κ2) is 12.0. The maximum atomic E-state index is 14.3. The number of likely N-dealkylation sites (tertiary alicyclic amines) is 1. The molecule has 242 valence electrons. The first-order chi connectivity index (χ1) is 21.6. The van der Waals surface area contributed by atoms with Gasteiger partial charge in [0.25, 0.3) is 5.91 Å². The average molecular weight is 643 g/mol. The Morgan fingerprint density at radius 3 is 2.50 bits per heavy atom. The zero-order valence-electron chi connectivity index (χ0n) is 25.4. The maximum absolute atomic E-state index is 14.3. The van der Waals surface area contributed by atoms with Gasteiger partial charge in [-0.15, -0.1) is 6.58 Å². The van der Waals surface area contributed by atoms with E-state index in [-0.39, 0.29) is 19.0 Å². The van der Waals surface area contributed by atoms with Crippen molar-refractivity contribution in [2.75, 3.05) is 13.1 Å². The fourth-order valence-electron chi connectivity index (χ4n) is 6.59. The highest BCUT2D eigenvalue weighted by molar-refractivity contribution is 6.11. The largest absolute Gasteiger partial charge is 0.433 e. The van der Waals surface area contributed by atoms with Gasteiger partial charge < -0.3 is 9.47 Å². The van der Waals surface area contributed by atoms with E-state index < -0.39 is 63.6 Å². The van der Waals surface area contributed by atoms with E-state index in [9.17, 15) is 35.9 Å². The van der Waals surface area contributed by atoms with Gasteiger partial charge in [0.2, 0.25) is 0 Å². The van der Waals surface area contributed by atoms with E-state index in [1.807, 2.05) is 35.0 Å². The van der Waals surface area contributed by atoms with Gasteiger partial charge in [-0.05, 0) is 51.0 Å². The number of alkyl halides is 6. The van der Waals surface area contributed by atoms with E-state index in [2.05, 4.69) is 16.6 Å². The first-order valence-corrected chi connectivity index (χ1v) is 14.7. The van der Waals surface area contributed by atoms with Crippen LogP contribution in [-0.2, 0) is 12.7 Å². The van der Waals surface area contributed by atoms with Crippen molar-refractivity contribution in [1.82, 2.24) is 14.5 Å². The van der Waals surface area contributed by atoms with Gasteiger partial charge in [0, 0.05) is 60.0 Å². The van der Waals surface area contributed by atoms with Crippen LogP contribution in [0.2, 0.25) is 0 Å². The fraction of sp³-hybridized carbons (Fsp3) is 0.353. The lowest BCUT2D eigenvalue weighted by Crippen LogP contribution is -2.44. The number of benzene rings is 1. The number of aromatic nitrogens is 2. The lowest BCUT2D eigenvalue weighted by Gasteiger charge is -2.36. The van der Waals surface area contributed by atoms with Gasteiger partial charge in [0.15, 0.2) is 5.78 Å². The molecule has 3 unspecified atom stereocenters. The number of carbonyl (C=O) groups is 2. The van der Waals surface area contributed by atoms with Crippen molar-refractivity contribution in [2.24, 2.45) is 10.9 Å². The minimum Gasteiger partial charge on any atom is -0.343 e. The maximum Gasteiger partial charge on any atom is 0.433 e. The summed E-state index contributed by atoms with van der Waals surface area (Å²) in [6, 6.07) is 8.14. The van der Waals surface area contributed by atoms with E-state index >= 15 is 0 Å². The smallest absolute Gasteiger partial charge is 0.343 e. The number of pyridine rings is 1. The summed E-state index contributed by atoms with van der Waals surface area (Å²) in [7, 11) is 0. The van der Waals surface area contributed by atoms with Crippen LogP contribution in [0.15, 0.2) is 78.0 Å². The average Bonchev–Trinajstić information content (AvgIpc) is 3.61. The summed E-state index contributed by atoms with van der Waals surface area (Å²) >= 11 is 0. The molecule has 0 bridgehead atoms. The number of para-hydroxylation sites is 1. The molecule has 0 aliphatic carbocycles. The van der Waals surface area contributed by atoms with Crippen molar-refractivity contribution in [3.05, 3.63) is 101 Å². The molecule has 1 aromatic carbocycles. The van der Waals surface area contributed by atoms with Crippen molar-refractivity contribution >= 4 is 28.8 Å². The van der Waals surface area contributed by atoms with Crippen LogP contribution in [0.3, 0.4) is 0 Å². The molecule has 1 amide bonds. The standard InChI is InChI=1S/C34H32F6N4O2/c1-5-13-32(4)29(25(11-14-41-32)33(35,36)37)30(45)23-17-27(34(38,39)40)42-20(3)28(23)31(46)44-16-12-21(18-44)24-19-43(15-6-2)26-10-8-7-9-22(24)26/h5-11,13-14,17,19,21,29H,2,12,15-16,18H2,1,3-4H3. The predicted octanol–water partition coefficient (Wildman–Crippen LogP) is 7.89. The summed E-state index contributed by atoms with van der Waals surface area (Å²) in [6.45, 7) is 8.74. The van der Waals surface area contributed by atoms with Gasteiger partial charge in [-0.1, -0.05) is 36.4 Å². The number of amides is 1. The highest BCUT2D eigenvalue weighted by Gasteiger charge is 2.51. The van der Waals surface area contributed by atoms with Crippen LogP contribution in [0.5, 0.6) is 0 Å². The molecule has 0 N–H and O–H groups in total. The van der Waals surface area contributed by atoms with Crippen molar-refractivity contribution in [2.45, 2.75) is 57.5 Å². The minimum atomic E-state index is -5.03. The van der Waals surface area contributed by atoms with Crippen molar-refractivity contribution < 1.29 is 35.9 Å². The van der Waals surface area contributed by atoms with Crippen LogP contribution in [0, 0.1) is 12.8 Å². The van der Waals surface area contributed by atoms with Crippen LogP contribution < -0.4 is 0 Å². The first-order valence-electron chi connectivity index (χ1n) is 14.7. The van der Waals surface area contributed by atoms with Gasteiger partial charge in [-0.2, -0.15) is 26.3 Å². The van der Waals surface area contributed by atoms with E-state index in [4.69, 9.17) is 0 Å². The molecule has 4 heterocycles. The summed E-state index contributed by atoms with van der Waals surface area (Å²) < 4.78 is 86.7. The quantitative estimate of drug-likeness (QED) is 0.150. The summed E-state index contributed by atoms with van der Waals surface area (Å²) in [4.78, 5) is 37.4. The number of ketones is 1. The third-order valence-corrected chi connectivity index (χ3v) is 8.63. The molecule has 2 aliphatic heterocycles. The first kappa shape index (κ1) is 32.9. The fourth-order valence-corrected chi connectivity index (χ4v) is 6.59. The number of hydrogen-bond donors (Lipinski definition) is 0. The number of allylic oxidation sites excluding steroid dienone is 3. The lowest BCUT2D eigenvalue weighted by molar-refractivity contribution is -0.141. The number of aliphatic imine (C=N–C) groups is 1. The molecule has 12 heteroatoms.